The molecule has 0 aliphatic heterocycles. The molecule has 0 aliphatic carbocycles. The van der Waals surface area contributed by atoms with Crippen molar-refractivity contribution in [1.29, 1.82) is 0 Å². The SMILES string of the molecule is CC(=O)c1cnc2ccccc2c1-c1ccccc1.CCOC(=O)c1cnc2ccccc2c1-c1ccccc1.CCOC(=O)c1cnc2ccccc2c1Cl.CON(C)C(=O)c1cnc2ccccc2c1-c1ccccc1.O=C(/C=C/c1ccccn1)c1cnc2ccccc2c1-c1ccccc1.O=C(O)c1cnc2ccccc2c1-c1ccccc1.O=Cc1ccccn1. The number of carboxylic acids is 1. The molecule has 0 bridgehead atoms. The molecule has 0 saturated carbocycles. The first-order chi connectivity index (χ1) is 64.1. The summed E-state index contributed by atoms with van der Waals surface area (Å²) >= 11 is 6.13. The summed E-state index contributed by atoms with van der Waals surface area (Å²) in [4.78, 5) is 121. The fourth-order valence-corrected chi connectivity index (χ4v) is 14.6. The van der Waals surface area contributed by atoms with E-state index in [1.165, 1.54) is 24.6 Å². The van der Waals surface area contributed by atoms with Gasteiger partial charge in [0, 0.05) is 128 Å². The number of amides is 1. The molecule has 19 aromatic rings. The third kappa shape index (κ3) is 23.0. The molecule has 644 valence electrons. The number of hydrogen-bond donors (Lipinski definition) is 1. The van der Waals surface area contributed by atoms with Crippen LogP contribution in [0.4, 0.5) is 0 Å². The van der Waals surface area contributed by atoms with Crippen LogP contribution in [0, 0.1) is 0 Å². The minimum Gasteiger partial charge on any atom is -0.478 e. The van der Waals surface area contributed by atoms with Crippen molar-refractivity contribution < 1.29 is 53.0 Å². The van der Waals surface area contributed by atoms with Gasteiger partial charge in [-0.05, 0) is 121 Å². The number of pyridine rings is 8. The molecule has 21 heteroatoms. The largest absolute Gasteiger partial charge is 0.478 e. The number of esters is 2. The Kier molecular flexibility index (Phi) is 32.1. The summed E-state index contributed by atoms with van der Waals surface area (Å²) in [6, 6.07) is 106. The number of hydrogen-bond acceptors (Lipinski definition) is 18. The van der Waals surface area contributed by atoms with Crippen LogP contribution >= 0.6 is 11.6 Å². The zero-order valence-electron chi connectivity index (χ0n) is 72.0. The van der Waals surface area contributed by atoms with Crippen molar-refractivity contribution in [2.24, 2.45) is 0 Å². The monoisotopic (exact) mass is 1740 g/mol. The van der Waals surface area contributed by atoms with Crippen LogP contribution in [0.25, 0.3) is 127 Å². The topological polar surface area (TPSA) is 274 Å². The van der Waals surface area contributed by atoms with Crippen LogP contribution in [0.1, 0.15) is 99.1 Å². The van der Waals surface area contributed by atoms with Crippen molar-refractivity contribution >= 4 is 125 Å². The van der Waals surface area contributed by atoms with Crippen molar-refractivity contribution in [1.82, 2.24) is 44.9 Å². The van der Waals surface area contributed by atoms with Gasteiger partial charge in [-0.2, -0.15) is 0 Å². The second kappa shape index (κ2) is 45.8. The van der Waals surface area contributed by atoms with Crippen LogP contribution in [0.3, 0.4) is 0 Å². The molecule has 1 N–H and O–H groups in total. The zero-order valence-corrected chi connectivity index (χ0v) is 72.7. The van der Waals surface area contributed by atoms with E-state index in [2.05, 4.69) is 39.9 Å². The summed E-state index contributed by atoms with van der Waals surface area (Å²) in [7, 11) is 3.06. The van der Waals surface area contributed by atoms with Crippen LogP contribution in [0.2, 0.25) is 5.02 Å². The fraction of sp³-hybridized carbons (Fsp3) is 0.0636. The Morgan fingerprint density at radius 3 is 0.962 bits per heavy atom. The van der Waals surface area contributed by atoms with Gasteiger partial charge in [-0.15, -0.1) is 0 Å². The van der Waals surface area contributed by atoms with Gasteiger partial charge in [0.1, 0.15) is 5.69 Å². The predicted octanol–water partition coefficient (Wildman–Crippen LogP) is 24.5. The molecule has 0 aliphatic rings. The summed E-state index contributed by atoms with van der Waals surface area (Å²) in [6.45, 7) is 5.80. The van der Waals surface area contributed by atoms with Gasteiger partial charge in [-0.3, -0.25) is 63.9 Å². The number of halogens is 1. The Morgan fingerprint density at radius 2 is 0.618 bits per heavy atom. The maximum atomic E-state index is 12.9. The molecule has 0 atom stereocenters. The third-order valence-electron chi connectivity index (χ3n) is 20.5. The number of ketones is 2. The molecule has 131 heavy (non-hydrogen) atoms. The summed E-state index contributed by atoms with van der Waals surface area (Å²) < 4.78 is 10.1. The van der Waals surface area contributed by atoms with Crippen LogP contribution in [-0.4, -0.2) is 119 Å². The molecule has 0 saturated heterocycles. The number of Topliss-reactive ketones (excluding diaryl/α,β-unsaturated/α-hetero) is 1. The number of aromatic carboxylic acids is 1. The van der Waals surface area contributed by atoms with E-state index in [-0.39, 0.29) is 29.0 Å². The Balaban J connectivity index is 0.000000132. The number of allylic oxidation sites excluding steroid dienone is 1. The molecular formula is C110H86ClN9O11. The van der Waals surface area contributed by atoms with Crippen LogP contribution in [0.15, 0.2) is 389 Å². The Labute approximate surface area is 760 Å². The van der Waals surface area contributed by atoms with Gasteiger partial charge in [-0.25, -0.2) is 19.4 Å². The molecule has 1 amide bonds. The van der Waals surface area contributed by atoms with E-state index >= 15 is 0 Å². The van der Waals surface area contributed by atoms with Gasteiger partial charge in [0.25, 0.3) is 5.91 Å². The highest BCUT2D eigenvalue weighted by Gasteiger charge is 2.24. The number of carbonyl (C=O) groups excluding carboxylic acids is 6. The molecule has 0 radical (unpaired) electrons. The molecular weight excluding hydrogens is 1660 g/mol. The Morgan fingerprint density at radius 1 is 0.336 bits per heavy atom. The molecule has 8 heterocycles. The van der Waals surface area contributed by atoms with E-state index in [0.29, 0.717) is 51.7 Å². The average molecular weight is 1750 g/mol. The lowest BCUT2D eigenvalue weighted by atomic mass is 9.94. The zero-order chi connectivity index (χ0) is 91.8. The maximum absolute atomic E-state index is 12.9. The minimum atomic E-state index is -0.961. The van der Waals surface area contributed by atoms with E-state index in [4.69, 9.17) is 25.9 Å². The summed E-state index contributed by atoms with van der Waals surface area (Å²) in [5.74, 6) is -2.01. The van der Waals surface area contributed by atoms with Gasteiger partial charge in [-0.1, -0.05) is 285 Å². The van der Waals surface area contributed by atoms with E-state index in [9.17, 15) is 38.7 Å². The minimum absolute atomic E-state index is 0.0390. The second-order valence-electron chi connectivity index (χ2n) is 28.8. The lowest BCUT2D eigenvalue weighted by molar-refractivity contribution is -0.0756. The van der Waals surface area contributed by atoms with Crippen molar-refractivity contribution in [3.63, 3.8) is 0 Å². The van der Waals surface area contributed by atoms with Crippen LogP contribution < -0.4 is 0 Å². The molecule has 0 fully saturated rings. The fourth-order valence-electron chi connectivity index (χ4n) is 14.3. The average Bonchev–Trinajstić information content (AvgIpc) is 0.752. The highest BCUT2D eigenvalue weighted by molar-refractivity contribution is 6.38. The van der Waals surface area contributed by atoms with Gasteiger partial charge in [0.15, 0.2) is 17.9 Å². The lowest BCUT2D eigenvalue weighted by Gasteiger charge is -2.17. The highest BCUT2D eigenvalue weighted by atomic mass is 35.5. The van der Waals surface area contributed by atoms with Crippen molar-refractivity contribution in [2.75, 3.05) is 27.4 Å². The number of para-hydroxylation sites is 6. The van der Waals surface area contributed by atoms with Crippen molar-refractivity contribution in [3.05, 3.63) is 439 Å². The molecule has 0 unspecified atom stereocenters. The number of aromatic nitrogens is 8. The second-order valence-corrected chi connectivity index (χ2v) is 29.1. The Hall–Kier alpha value is -16.9. The standard InChI is InChI=1S/C23H16N2O.C18H16N2O2.C18H15NO2.C17H13NO.C16H11NO2.C12H10ClNO2.C6H5NO/c26-22(14-13-18-10-6-7-15-24-18)20-16-25-21-12-5-4-11-19(21)23(20)17-8-2-1-3-9-17;1-20(22-2)18(21)15-12-19-16-11-7-6-10-14(16)17(15)13-8-4-3-5-9-13;1-2-21-18(20)15-12-19-16-11-7-6-10-14(16)17(15)13-8-4-3-5-9-13;1-12(19)15-11-18-16-10-6-5-9-14(16)17(15)13-7-3-2-4-8-13;18-16(19)13-10-17-14-9-5-4-8-12(14)15(13)11-6-2-1-3-7-11;1-2-16-12(15)9-7-14-10-6-4-3-5-8(10)11(9)13;8-5-6-3-1-2-4-7-6/h1-16H;3-12H,1-2H3;3-12H,2H2,1H3;2-11H,1H3;1-10H,(H,18,19);3-7H,2H2,1H3;1-5H/b14-13+;;;;;;. The number of fused-ring (bicyclic) bond motifs is 6. The first-order valence-corrected chi connectivity index (χ1v) is 42.0. The summed E-state index contributed by atoms with van der Waals surface area (Å²) in [6.07, 6.45) is 16.7. The van der Waals surface area contributed by atoms with E-state index in [1.807, 2.05) is 315 Å². The predicted molar refractivity (Wildman–Crippen MR) is 518 cm³/mol. The van der Waals surface area contributed by atoms with E-state index < -0.39 is 11.9 Å². The number of hydroxylamine groups is 2. The van der Waals surface area contributed by atoms with Gasteiger partial charge >= 0.3 is 17.9 Å². The van der Waals surface area contributed by atoms with Crippen LogP contribution in [-0.2, 0) is 14.3 Å². The number of aldehydes is 1. The maximum Gasteiger partial charge on any atom is 0.341 e. The normalized spacial score (nSPS) is 10.5. The smallest absolute Gasteiger partial charge is 0.341 e. The van der Waals surface area contributed by atoms with Gasteiger partial charge < -0.3 is 14.6 Å². The third-order valence-corrected chi connectivity index (χ3v) is 20.9. The van der Waals surface area contributed by atoms with E-state index in [1.54, 1.807) is 95.4 Å². The first-order valence-electron chi connectivity index (χ1n) is 41.7. The molecule has 8 aromatic heterocycles. The first kappa shape index (κ1) is 91.7. The number of benzene rings is 11. The van der Waals surface area contributed by atoms with Gasteiger partial charge in [0.2, 0.25) is 0 Å². The molecule has 0 spiro atoms. The Bertz CT molecular complexity index is 7120. The molecule has 20 nitrogen and oxygen atoms in total. The summed E-state index contributed by atoms with van der Waals surface area (Å²) in [5, 5.41) is 16.4. The van der Waals surface area contributed by atoms with Crippen LogP contribution in [0.5, 0.6) is 0 Å². The molecule has 19 rings (SSSR count). The summed E-state index contributed by atoms with van der Waals surface area (Å²) in [5.41, 5.74) is 18.4. The van der Waals surface area contributed by atoms with Crippen molar-refractivity contribution in [2.45, 2.75) is 20.8 Å². The number of carbonyl (C=O) groups is 7. The molecule has 11 aromatic carbocycles. The number of carboxylic acid groups (broad SMARTS) is 1. The number of rotatable bonds is 17. The van der Waals surface area contributed by atoms with Gasteiger partial charge in [0.05, 0.1) is 86.4 Å². The number of nitrogens with zero attached hydrogens (tertiary/aromatic N) is 9. The quantitative estimate of drug-likeness (QED) is 0.0291. The lowest BCUT2D eigenvalue weighted by Crippen LogP contribution is -2.26. The highest BCUT2D eigenvalue weighted by Crippen LogP contribution is 2.38. The van der Waals surface area contributed by atoms with Crippen molar-refractivity contribution in [3.8, 4) is 55.6 Å². The van der Waals surface area contributed by atoms with E-state index in [0.717, 1.165) is 133 Å². The number of ether oxygens (including phenoxy) is 2.